The van der Waals surface area contributed by atoms with Crippen LogP contribution in [-0.2, 0) is 73.9 Å². The lowest BCUT2D eigenvalue weighted by atomic mass is 9.51. The van der Waals surface area contributed by atoms with Gasteiger partial charge in [-0.3, -0.25) is 0 Å². The van der Waals surface area contributed by atoms with Crippen molar-refractivity contribution in [3.05, 3.63) is 138 Å². The summed E-state index contributed by atoms with van der Waals surface area (Å²) in [5, 5.41) is 0. The van der Waals surface area contributed by atoms with Crippen LogP contribution in [0.1, 0.15) is 206 Å². The van der Waals surface area contributed by atoms with E-state index in [4.69, 9.17) is 28.0 Å². The Morgan fingerprint density at radius 3 is 1.30 bits per heavy atom. The van der Waals surface area contributed by atoms with Gasteiger partial charge in [-0.2, -0.15) is 0 Å². The standard InChI is InChI=1S/C61H86O10P2/c1-35-21-39-29-42-24-38(4)28-46(56(14,15)16)50(42)61(58(19,20)32-69-73(64)65)70-51(47(39)43(25-35)53(5,6)7)59(33-66-52(67-34-59)57(17,18)31-68-72(62)63)60(71-61)48-40(22-36(2)26-44(48)54(8,9)10)30-41-23-37(3)27-45(49(41)60)55(11,12)13/h21-28,51-52,62-65H,29-34H2,1-20H3. The lowest BCUT2D eigenvalue weighted by Gasteiger charge is -2.69. The van der Waals surface area contributed by atoms with E-state index in [0.29, 0.717) is 12.8 Å². The molecule has 2 spiro atoms. The Hall–Kier alpha value is -2.66. The third kappa shape index (κ3) is 9.67. The molecule has 1 aliphatic carbocycles. The molecule has 3 heterocycles. The van der Waals surface area contributed by atoms with E-state index in [2.05, 4.69) is 173 Å². The van der Waals surface area contributed by atoms with Gasteiger partial charge in [-0.1, -0.05) is 182 Å². The van der Waals surface area contributed by atoms with Gasteiger partial charge in [-0.15, -0.1) is 0 Å². The first-order chi connectivity index (χ1) is 33.4. The zero-order chi connectivity index (χ0) is 54.2. The van der Waals surface area contributed by atoms with Crippen LogP contribution < -0.4 is 0 Å². The van der Waals surface area contributed by atoms with Gasteiger partial charge < -0.3 is 47.6 Å². The van der Waals surface area contributed by atoms with Gasteiger partial charge in [0.15, 0.2) is 6.29 Å². The fraction of sp³-hybridized carbons (Fsp3) is 0.607. The van der Waals surface area contributed by atoms with Crippen molar-refractivity contribution in [3.8, 4) is 0 Å². The largest absolute Gasteiger partial charge is 0.351 e. The molecule has 73 heavy (non-hydrogen) atoms. The molecule has 2 bridgehead atoms. The van der Waals surface area contributed by atoms with Crippen LogP contribution in [0, 0.1) is 43.9 Å². The molecule has 0 amide bonds. The second kappa shape index (κ2) is 18.8. The zero-order valence-corrected chi connectivity index (χ0v) is 49.4. The van der Waals surface area contributed by atoms with E-state index in [1.54, 1.807) is 0 Å². The van der Waals surface area contributed by atoms with Crippen molar-refractivity contribution in [3.63, 3.8) is 0 Å². The monoisotopic (exact) mass is 1040 g/mol. The highest BCUT2D eigenvalue weighted by Gasteiger charge is 2.75. The first kappa shape index (κ1) is 56.5. The highest BCUT2D eigenvalue weighted by Crippen LogP contribution is 2.73. The minimum atomic E-state index is -2.78. The molecule has 2 unspecified atom stereocenters. The summed E-state index contributed by atoms with van der Waals surface area (Å²) in [4.78, 5) is 41.5. The number of aryl methyl sites for hydroxylation is 4. The van der Waals surface area contributed by atoms with Crippen molar-refractivity contribution < 1.29 is 47.6 Å². The zero-order valence-electron chi connectivity index (χ0n) is 47.6. The third-order valence-corrected chi connectivity index (χ3v) is 16.9. The first-order valence-corrected chi connectivity index (χ1v) is 28.5. The number of hydrogen-bond donors (Lipinski definition) is 4. The molecule has 4 N–H and O–H groups in total. The molecule has 4 aromatic rings. The molecule has 4 aliphatic rings. The Bertz CT molecular complexity index is 2690. The average Bonchev–Trinajstić information content (AvgIpc) is 3.23. The Morgan fingerprint density at radius 2 is 0.877 bits per heavy atom. The Labute approximate surface area is 439 Å². The van der Waals surface area contributed by atoms with Crippen LogP contribution in [0.4, 0.5) is 0 Å². The highest BCUT2D eigenvalue weighted by molar-refractivity contribution is 7.39. The highest BCUT2D eigenvalue weighted by atomic mass is 31.2. The van der Waals surface area contributed by atoms with Crippen LogP contribution in [-0.4, -0.2) is 52.3 Å². The van der Waals surface area contributed by atoms with Crippen LogP contribution in [0.2, 0.25) is 0 Å². The lowest BCUT2D eigenvalue weighted by molar-refractivity contribution is -0.464. The van der Waals surface area contributed by atoms with E-state index < -0.39 is 73.5 Å². The summed E-state index contributed by atoms with van der Waals surface area (Å²) in [6, 6.07) is 18.7. The molecular formula is C61H86O10P2. The quantitative estimate of drug-likeness (QED) is 0.126. The van der Waals surface area contributed by atoms with Crippen LogP contribution >= 0.6 is 17.2 Å². The molecule has 8 rings (SSSR count). The Morgan fingerprint density at radius 1 is 0.507 bits per heavy atom. The van der Waals surface area contributed by atoms with E-state index in [0.717, 1.165) is 89.0 Å². The molecule has 0 aromatic heterocycles. The molecule has 2 atom stereocenters. The number of ether oxygens (including phenoxy) is 4. The minimum Gasteiger partial charge on any atom is -0.351 e. The van der Waals surface area contributed by atoms with Crippen molar-refractivity contribution in [1.29, 1.82) is 0 Å². The van der Waals surface area contributed by atoms with Crippen molar-refractivity contribution in [2.24, 2.45) is 16.2 Å². The van der Waals surface area contributed by atoms with Gasteiger partial charge in [0.1, 0.15) is 11.7 Å². The number of fused-ring (bicyclic) bond motifs is 12. The maximum absolute atomic E-state index is 10.7. The number of hydrogen-bond acceptors (Lipinski definition) is 10. The van der Waals surface area contributed by atoms with Crippen molar-refractivity contribution in [1.82, 2.24) is 0 Å². The molecule has 0 saturated carbocycles. The van der Waals surface area contributed by atoms with E-state index in [1.165, 1.54) is 0 Å². The fourth-order valence-corrected chi connectivity index (χ4v) is 13.8. The summed E-state index contributed by atoms with van der Waals surface area (Å²) < 4.78 is 44.1. The topological polar surface area (TPSA) is 136 Å². The lowest BCUT2D eigenvalue weighted by Crippen LogP contribution is -2.72. The molecule has 2 fully saturated rings. The molecule has 0 radical (unpaired) electrons. The van der Waals surface area contributed by atoms with Crippen molar-refractivity contribution >= 4 is 17.2 Å². The molecule has 3 aliphatic heterocycles. The van der Waals surface area contributed by atoms with Crippen LogP contribution in [0.5, 0.6) is 0 Å². The molecular weight excluding hydrogens is 955 g/mol. The smallest absolute Gasteiger partial charge is 0.327 e. The first-order valence-electron chi connectivity index (χ1n) is 26.2. The summed E-state index contributed by atoms with van der Waals surface area (Å²) in [5.74, 6) is -1.67. The average molecular weight is 1040 g/mol. The second-order valence-corrected chi connectivity index (χ2v) is 29.2. The van der Waals surface area contributed by atoms with E-state index in [9.17, 15) is 19.6 Å². The normalized spacial score (nSPS) is 23.3. The van der Waals surface area contributed by atoms with Gasteiger partial charge in [0.2, 0.25) is 5.79 Å². The van der Waals surface area contributed by atoms with Crippen LogP contribution in [0.15, 0.2) is 48.5 Å². The van der Waals surface area contributed by atoms with Crippen molar-refractivity contribution in [2.75, 3.05) is 26.4 Å². The predicted molar refractivity (Wildman–Crippen MR) is 293 cm³/mol. The molecule has 400 valence electrons. The fourth-order valence-electron chi connectivity index (χ4n) is 12.9. The molecule has 12 heteroatoms. The summed E-state index contributed by atoms with van der Waals surface area (Å²) in [6.45, 7) is 44.3. The predicted octanol–water partition coefficient (Wildman–Crippen LogP) is 13.7. The van der Waals surface area contributed by atoms with Gasteiger partial charge in [-0.25, -0.2) is 0 Å². The van der Waals surface area contributed by atoms with Gasteiger partial charge in [-0.05, 0) is 123 Å². The number of benzene rings is 4. The van der Waals surface area contributed by atoms with Gasteiger partial charge >= 0.3 is 17.2 Å². The van der Waals surface area contributed by atoms with Gasteiger partial charge in [0.25, 0.3) is 0 Å². The maximum Gasteiger partial charge on any atom is 0.327 e. The minimum absolute atomic E-state index is 0.0187. The van der Waals surface area contributed by atoms with E-state index in [1.807, 2.05) is 13.8 Å². The maximum atomic E-state index is 10.7. The Balaban J connectivity index is 1.70. The second-order valence-electron chi connectivity index (χ2n) is 27.7. The van der Waals surface area contributed by atoms with Gasteiger partial charge in [0, 0.05) is 16.4 Å². The van der Waals surface area contributed by atoms with Crippen molar-refractivity contribution in [2.45, 2.75) is 197 Å². The Kier molecular flexibility index (Phi) is 14.5. The summed E-state index contributed by atoms with van der Waals surface area (Å²) in [6.07, 6.45) is -0.383. The van der Waals surface area contributed by atoms with E-state index in [-0.39, 0.29) is 31.8 Å². The van der Waals surface area contributed by atoms with Gasteiger partial charge in [0.05, 0.1) is 31.8 Å². The van der Waals surface area contributed by atoms with Crippen LogP contribution in [0.3, 0.4) is 0 Å². The molecule has 10 nitrogen and oxygen atoms in total. The third-order valence-electron chi connectivity index (χ3n) is 16.2. The summed E-state index contributed by atoms with van der Waals surface area (Å²) >= 11 is 0. The summed E-state index contributed by atoms with van der Waals surface area (Å²) in [7, 11) is -5.40. The SMILES string of the molecule is Cc1cc2c(c(C(C)(C)C)c1)C1OC(C(C)(C)COP(O)O)(OC3(c4c(cc(C)cc4C(C)(C)C)Cc4cc(C)cc(C(C)(C)C)c43)C13COC(C(C)(C)COP(O)O)OC3)c1c(cc(C)cc1C(C)(C)C)C2. The summed E-state index contributed by atoms with van der Waals surface area (Å²) in [5.41, 5.74) is 11.6. The molecule has 4 aromatic carbocycles. The molecule has 2 saturated heterocycles. The van der Waals surface area contributed by atoms with E-state index >= 15 is 0 Å². The van der Waals surface area contributed by atoms with Crippen LogP contribution in [0.25, 0.3) is 0 Å². The number of rotatable bonds is 8.